The lowest BCUT2D eigenvalue weighted by Crippen LogP contribution is -2.21. The molecule has 106 valence electrons. The molecule has 0 radical (unpaired) electrons. The first-order chi connectivity index (χ1) is 9.65. The van der Waals surface area contributed by atoms with Gasteiger partial charge in [0.2, 0.25) is 0 Å². The molecule has 1 atom stereocenters. The molecule has 0 amide bonds. The van der Waals surface area contributed by atoms with Gasteiger partial charge in [0.05, 0.1) is 7.11 Å². The maximum atomic E-state index is 14.1. The number of rotatable bonds is 5. The number of halogens is 2. The molecule has 20 heavy (non-hydrogen) atoms. The predicted octanol–water partition coefficient (Wildman–Crippen LogP) is 3.48. The highest BCUT2D eigenvalue weighted by Crippen LogP contribution is 2.27. The molecule has 4 heteroatoms. The van der Waals surface area contributed by atoms with Crippen LogP contribution in [0.4, 0.5) is 8.78 Å². The predicted molar refractivity (Wildman–Crippen MR) is 74.9 cm³/mol. The number of hydrogen-bond acceptors (Lipinski definition) is 2. The maximum Gasteiger partial charge on any atom is 0.134 e. The number of hydrogen-bond donors (Lipinski definition) is 1. The van der Waals surface area contributed by atoms with E-state index in [9.17, 15) is 8.78 Å². The highest BCUT2D eigenvalue weighted by Gasteiger charge is 2.20. The lowest BCUT2D eigenvalue weighted by Gasteiger charge is -2.19. The highest BCUT2D eigenvalue weighted by atomic mass is 19.1. The van der Waals surface area contributed by atoms with Crippen molar-refractivity contribution < 1.29 is 13.5 Å². The summed E-state index contributed by atoms with van der Waals surface area (Å²) < 4.78 is 33.0. The van der Waals surface area contributed by atoms with E-state index >= 15 is 0 Å². The zero-order chi connectivity index (χ0) is 14.5. The van der Waals surface area contributed by atoms with Crippen molar-refractivity contribution in [3.63, 3.8) is 0 Å². The van der Waals surface area contributed by atoms with Gasteiger partial charge in [-0.1, -0.05) is 30.3 Å². The summed E-state index contributed by atoms with van der Waals surface area (Å²) in [4.78, 5) is 0. The molecule has 0 bridgehead atoms. The van der Waals surface area contributed by atoms with Crippen molar-refractivity contribution >= 4 is 0 Å². The van der Waals surface area contributed by atoms with Crippen molar-refractivity contribution in [3.05, 3.63) is 65.2 Å². The van der Waals surface area contributed by atoms with Crippen LogP contribution in [0.5, 0.6) is 5.75 Å². The Morgan fingerprint density at radius 2 is 1.70 bits per heavy atom. The van der Waals surface area contributed by atoms with Crippen molar-refractivity contribution in [2.75, 3.05) is 14.2 Å². The van der Waals surface area contributed by atoms with Crippen LogP contribution in [0.25, 0.3) is 0 Å². The molecule has 0 spiro atoms. The summed E-state index contributed by atoms with van der Waals surface area (Å²) in [5.41, 5.74) is 1.05. The van der Waals surface area contributed by atoms with Crippen LogP contribution in [-0.4, -0.2) is 14.2 Å². The summed E-state index contributed by atoms with van der Waals surface area (Å²) in [5, 5.41) is 2.97. The largest absolute Gasteiger partial charge is 0.497 e. The Morgan fingerprint density at radius 3 is 2.20 bits per heavy atom. The minimum Gasteiger partial charge on any atom is -0.497 e. The fourth-order valence-corrected chi connectivity index (χ4v) is 2.21. The Bertz CT molecular complexity index is 549. The molecule has 0 saturated carbocycles. The highest BCUT2D eigenvalue weighted by molar-refractivity contribution is 5.33. The van der Waals surface area contributed by atoms with Gasteiger partial charge in [-0.05, 0) is 19.0 Å². The molecule has 2 nitrogen and oxygen atoms in total. The molecule has 2 aromatic rings. The van der Waals surface area contributed by atoms with Crippen molar-refractivity contribution in [3.8, 4) is 5.75 Å². The van der Waals surface area contributed by atoms with Crippen molar-refractivity contribution in [2.24, 2.45) is 0 Å². The van der Waals surface area contributed by atoms with Gasteiger partial charge in [0, 0.05) is 23.7 Å². The quantitative estimate of drug-likeness (QED) is 0.903. The lowest BCUT2D eigenvalue weighted by atomic mass is 9.98. The number of methoxy groups -OCH3 is 1. The van der Waals surface area contributed by atoms with E-state index in [2.05, 4.69) is 5.32 Å². The molecule has 0 aliphatic carbocycles. The molecule has 2 aromatic carbocycles. The van der Waals surface area contributed by atoms with E-state index in [1.807, 2.05) is 30.3 Å². The van der Waals surface area contributed by atoms with Crippen LogP contribution in [0.15, 0.2) is 42.5 Å². The minimum absolute atomic E-state index is 0.0390. The number of ether oxygens (including phenoxy) is 1. The lowest BCUT2D eigenvalue weighted by molar-refractivity contribution is 0.401. The molecule has 0 aromatic heterocycles. The van der Waals surface area contributed by atoms with Crippen molar-refractivity contribution in [1.82, 2.24) is 5.32 Å². The third-order valence-corrected chi connectivity index (χ3v) is 3.27. The Hall–Kier alpha value is -1.94. The summed E-state index contributed by atoms with van der Waals surface area (Å²) in [5.74, 6) is -1.02. The van der Waals surface area contributed by atoms with E-state index in [0.29, 0.717) is 6.42 Å². The van der Waals surface area contributed by atoms with Crippen LogP contribution in [-0.2, 0) is 6.42 Å². The summed E-state index contributed by atoms with van der Waals surface area (Å²) >= 11 is 0. The first-order valence-corrected chi connectivity index (χ1v) is 6.39. The average molecular weight is 277 g/mol. The van der Waals surface area contributed by atoms with Gasteiger partial charge in [-0.2, -0.15) is 0 Å². The summed E-state index contributed by atoms with van der Waals surface area (Å²) in [6.45, 7) is 0. The summed E-state index contributed by atoms with van der Waals surface area (Å²) in [6, 6.07) is 11.6. The Kier molecular flexibility index (Phi) is 4.69. The van der Waals surface area contributed by atoms with Gasteiger partial charge in [0.1, 0.15) is 17.4 Å². The van der Waals surface area contributed by atoms with E-state index in [4.69, 9.17) is 4.74 Å². The van der Waals surface area contributed by atoms with Crippen molar-refractivity contribution in [2.45, 2.75) is 12.5 Å². The summed E-state index contributed by atoms with van der Waals surface area (Å²) in [7, 11) is 3.07. The smallest absolute Gasteiger partial charge is 0.134 e. The molecule has 0 saturated heterocycles. The molecule has 2 rings (SSSR count). The van der Waals surface area contributed by atoms with E-state index in [1.54, 1.807) is 7.05 Å². The molecule has 1 unspecified atom stereocenters. The van der Waals surface area contributed by atoms with Gasteiger partial charge in [-0.25, -0.2) is 8.78 Å². The van der Waals surface area contributed by atoms with Crippen LogP contribution in [0.2, 0.25) is 0 Å². The first-order valence-electron chi connectivity index (χ1n) is 6.39. The molecular formula is C16H17F2NO. The molecule has 0 aliphatic rings. The van der Waals surface area contributed by atoms with Gasteiger partial charge in [0.15, 0.2) is 0 Å². The second-order valence-corrected chi connectivity index (χ2v) is 4.54. The third kappa shape index (κ3) is 3.14. The van der Waals surface area contributed by atoms with Gasteiger partial charge < -0.3 is 10.1 Å². The van der Waals surface area contributed by atoms with Crippen LogP contribution in [0.1, 0.15) is 17.2 Å². The van der Waals surface area contributed by atoms with Gasteiger partial charge in [-0.3, -0.25) is 0 Å². The second kappa shape index (κ2) is 6.48. The van der Waals surface area contributed by atoms with Crippen LogP contribution in [0, 0.1) is 11.6 Å². The fraction of sp³-hybridized carbons (Fsp3) is 0.250. The zero-order valence-corrected chi connectivity index (χ0v) is 11.5. The van der Waals surface area contributed by atoms with E-state index in [0.717, 1.165) is 5.56 Å². The maximum absolute atomic E-state index is 14.1. The van der Waals surface area contributed by atoms with E-state index in [1.165, 1.54) is 19.2 Å². The monoisotopic (exact) mass is 277 g/mol. The number of nitrogens with one attached hydrogen (secondary N) is 1. The Balaban J connectivity index is 2.32. The Labute approximate surface area is 117 Å². The first kappa shape index (κ1) is 14.5. The second-order valence-electron chi connectivity index (χ2n) is 4.54. The standard InChI is InChI=1S/C16H17F2NO/c1-19-15(8-11-6-4-3-5-7-11)16-13(17)9-12(20-2)10-14(16)18/h3-7,9-10,15,19H,8H2,1-2H3. The zero-order valence-electron chi connectivity index (χ0n) is 11.5. The molecular weight excluding hydrogens is 260 g/mol. The summed E-state index contributed by atoms with van der Waals surface area (Å²) in [6.07, 6.45) is 0.511. The van der Waals surface area contributed by atoms with Crippen LogP contribution >= 0.6 is 0 Å². The van der Waals surface area contributed by atoms with E-state index < -0.39 is 17.7 Å². The number of likely N-dealkylation sites (N-methyl/N-ethyl adjacent to an activating group) is 1. The Morgan fingerprint density at radius 1 is 1.10 bits per heavy atom. The van der Waals surface area contributed by atoms with Gasteiger partial charge in [-0.15, -0.1) is 0 Å². The normalized spacial score (nSPS) is 12.2. The molecule has 0 fully saturated rings. The molecule has 0 heterocycles. The van der Waals surface area contributed by atoms with Crippen LogP contribution < -0.4 is 10.1 Å². The molecule has 1 N–H and O–H groups in total. The average Bonchev–Trinajstić information content (AvgIpc) is 2.46. The number of benzene rings is 2. The minimum atomic E-state index is -0.600. The van der Waals surface area contributed by atoms with Gasteiger partial charge >= 0.3 is 0 Å². The van der Waals surface area contributed by atoms with E-state index in [-0.39, 0.29) is 11.3 Å². The topological polar surface area (TPSA) is 21.3 Å². The van der Waals surface area contributed by atoms with Crippen molar-refractivity contribution in [1.29, 1.82) is 0 Å². The van der Waals surface area contributed by atoms with Gasteiger partial charge in [0.25, 0.3) is 0 Å². The fourth-order valence-electron chi connectivity index (χ4n) is 2.21. The molecule has 0 aliphatic heterocycles. The third-order valence-electron chi connectivity index (χ3n) is 3.27. The van der Waals surface area contributed by atoms with Crippen LogP contribution in [0.3, 0.4) is 0 Å². The SMILES string of the molecule is CNC(Cc1ccccc1)c1c(F)cc(OC)cc1F.